The van der Waals surface area contributed by atoms with Crippen LogP contribution in [0, 0.1) is 0 Å². The van der Waals surface area contributed by atoms with Gasteiger partial charge in [-0.05, 0) is 6.92 Å². The molecule has 1 unspecified atom stereocenters. The van der Waals surface area contributed by atoms with Crippen molar-refractivity contribution < 1.29 is 4.79 Å². The highest BCUT2D eigenvalue weighted by atomic mass is 16.2. The van der Waals surface area contributed by atoms with E-state index < -0.39 is 0 Å². The number of carbonyl (C=O) groups excluding carboxylic acids is 1. The van der Waals surface area contributed by atoms with Crippen molar-refractivity contribution in [2.45, 2.75) is 26.8 Å². The van der Waals surface area contributed by atoms with Crippen molar-refractivity contribution in [3.05, 3.63) is 0 Å². The van der Waals surface area contributed by atoms with Crippen LogP contribution in [0.3, 0.4) is 0 Å². The molecule has 0 bridgehead atoms. The molecule has 0 spiro atoms. The maximum absolute atomic E-state index is 10.6. The SMILES string of the molecule is CC.CC1CNC(=O)N1C. The van der Waals surface area contributed by atoms with Gasteiger partial charge in [-0.25, -0.2) is 4.79 Å². The van der Waals surface area contributed by atoms with E-state index in [1.54, 1.807) is 11.9 Å². The smallest absolute Gasteiger partial charge is 0.317 e. The Morgan fingerprint density at radius 1 is 1.60 bits per heavy atom. The molecule has 1 fully saturated rings. The predicted molar refractivity (Wildman–Crippen MR) is 42.0 cm³/mol. The minimum absolute atomic E-state index is 0.0394. The van der Waals surface area contributed by atoms with Crippen LogP contribution in [-0.4, -0.2) is 30.6 Å². The zero-order chi connectivity index (χ0) is 8.15. The second kappa shape index (κ2) is 4.14. The first-order valence-electron chi connectivity index (χ1n) is 3.72. The standard InChI is InChI=1S/C5H10N2O.C2H6/c1-4-3-6-5(8)7(4)2;1-2/h4H,3H2,1-2H3,(H,6,8);1-2H3. The second-order valence-electron chi connectivity index (χ2n) is 2.15. The number of rotatable bonds is 0. The first kappa shape index (κ1) is 9.27. The average Bonchev–Trinajstić information content (AvgIpc) is 2.25. The molecule has 0 saturated carbocycles. The van der Waals surface area contributed by atoms with Gasteiger partial charge >= 0.3 is 6.03 Å². The van der Waals surface area contributed by atoms with Gasteiger partial charge in [-0.1, -0.05) is 13.8 Å². The highest BCUT2D eigenvalue weighted by Gasteiger charge is 2.21. The summed E-state index contributed by atoms with van der Waals surface area (Å²) in [6.45, 7) is 6.80. The van der Waals surface area contributed by atoms with Crippen molar-refractivity contribution in [1.82, 2.24) is 10.2 Å². The normalized spacial score (nSPS) is 23.4. The van der Waals surface area contributed by atoms with Crippen molar-refractivity contribution in [3.8, 4) is 0 Å². The molecular weight excluding hydrogens is 128 g/mol. The first-order valence-corrected chi connectivity index (χ1v) is 3.72. The largest absolute Gasteiger partial charge is 0.336 e. The average molecular weight is 144 g/mol. The summed E-state index contributed by atoms with van der Waals surface area (Å²) in [4.78, 5) is 12.3. The maximum atomic E-state index is 10.6. The van der Waals surface area contributed by atoms with Gasteiger partial charge in [0, 0.05) is 19.6 Å². The van der Waals surface area contributed by atoms with Gasteiger partial charge in [-0.2, -0.15) is 0 Å². The second-order valence-corrected chi connectivity index (χ2v) is 2.15. The molecule has 1 saturated heterocycles. The van der Waals surface area contributed by atoms with Crippen LogP contribution in [0.15, 0.2) is 0 Å². The van der Waals surface area contributed by atoms with E-state index in [0.29, 0.717) is 6.04 Å². The summed E-state index contributed by atoms with van der Waals surface area (Å²) in [7, 11) is 1.80. The molecule has 0 aromatic carbocycles. The molecule has 1 rings (SSSR count). The zero-order valence-electron chi connectivity index (χ0n) is 7.14. The van der Waals surface area contributed by atoms with E-state index >= 15 is 0 Å². The molecule has 1 aliphatic heterocycles. The monoisotopic (exact) mass is 144 g/mol. The lowest BCUT2D eigenvalue weighted by Gasteiger charge is -2.10. The van der Waals surface area contributed by atoms with Gasteiger partial charge in [-0.15, -0.1) is 0 Å². The molecule has 60 valence electrons. The van der Waals surface area contributed by atoms with E-state index in [9.17, 15) is 4.79 Å². The number of likely N-dealkylation sites (N-methyl/N-ethyl adjacent to an activating group) is 1. The number of nitrogens with zero attached hydrogens (tertiary/aromatic N) is 1. The van der Waals surface area contributed by atoms with Gasteiger partial charge < -0.3 is 10.2 Å². The van der Waals surface area contributed by atoms with Crippen molar-refractivity contribution in [2.24, 2.45) is 0 Å². The minimum Gasteiger partial charge on any atom is -0.336 e. The van der Waals surface area contributed by atoms with Crippen LogP contribution in [0.2, 0.25) is 0 Å². The number of amides is 2. The fourth-order valence-corrected chi connectivity index (χ4v) is 0.697. The van der Waals surface area contributed by atoms with E-state index in [4.69, 9.17) is 0 Å². The Hall–Kier alpha value is -0.730. The molecule has 3 nitrogen and oxygen atoms in total. The quantitative estimate of drug-likeness (QED) is 0.541. The highest BCUT2D eigenvalue weighted by molar-refractivity contribution is 5.76. The Morgan fingerprint density at radius 2 is 2.10 bits per heavy atom. The molecule has 1 heterocycles. The lowest BCUT2D eigenvalue weighted by molar-refractivity contribution is 0.218. The summed E-state index contributed by atoms with van der Waals surface area (Å²) < 4.78 is 0. The minimum atomic E-state index is 0.0394. The molecule has 3 heteroatoms. The molecule has 1 aliphatic rings. The summed E-state index contributed by atoms with van der Waals surface area (Å²) in [6, 6.07) is 0.403. The van der Waals surface area contributed by atoms with Crippen LogP contribution in [0.1, 0.15) is 20.8 Å². The molecule has 1 N–H and O–H groups in total. The Morgan fingerprint density at radius 3 is 2.20 bits per heavy atom. The molecule has 1 atom stereocenters. The summed E-state index contributed by atoms with van der Waals surface area (Å²) in [5, 5.41) is 2.71. The fraction of sp³-hybridized carbons (Fsp3) is 0.857. The van der Waals surface area contributed by atoms with E-state index in [-0.39, 0.29) is 6.03 Å². The van der Waals surface area contributed by atoms with E-state index in [2.05, 4.69) is 5.32 Å². The number of hydrogen-bond acceptors (Lipinski definition) is 1. The molecule has 0 aromatic heterocycles. The topological polar surface area (TPSA) is 32.3 Å². The molecule has 2 amide bonds. The highest BCUT2D eigenvalue weighted by Crippen LogP contribution is 2.00. The van der Waals surface area contributed by atoms with Crippen LogP contribution >= 0.6 is 0 Å². The van der Waals surface area contributed by atoms with Crippen LogP contribution < -0.4 is 5.32 Å². The van der Waals surface area contributed by atoms with Gasteiger partial charge in [0.25, 0.3) is 0 Å². The van der Waals surface area contributed by atoms with E-state index in [1.807, 2.05) is 20.8 Å². The Bertz CT molecular complexity index is 114. The molecular formula is C7H16N2O. The van der Waals surface area contributed by atoms with Crippen LogP contribution in [0.25, 0.3) is 0 Å². The van der Waals surface area contributed by atoms with Crippen LogP contribution in [0.4, 0.5) is 4.79 Å². The zero-order valence-corrected chi connectivity index (χ0v) is 7.14. The van der Waals surface area contributed by atoms with E-state index in [0.717, 1.165) is 6.54 Å². The molecule has 0 radical (unpaired) electrons. The number of nitrogens with one attached hydrogen (secondary N) is 1. The van der Waals surface area contributed by atoms with Crippen molar-refractivity contribution >= 4 is 6.03 Å². The Kier molecular flexibility index (Phi) is 3.84. The summed E-state index contributed by atoms with van der Waals surface area (Å²) in [5.41, 5.74) is 0. The van der Waals surface area contributed by atoms with Crippen molar-refractivity contribution in [3.63, 3.8) is 0 Å². The molecule has 0 aliphatic carbocycles. The summed E-state index contributed by atoms with van der Waals surface area (Å²) in [5.74, 6) is 0. The van der Waals surface area contributed by atoms with Crippen LogP contribution in [0.5, 0.6) is 0 Å². The van der Waals surface area contributed by atoms with Gasteiger partial charge in [0.05, 0.1) is 0 Å². The third-order valence-corrected chi connectivity index (χ3v) is 1.53. The maximum Gasteiger partial charge on any atom is 0.317 e. The van der Waals surface area contributed by atoms with Crippen LogP contribution in [-0.2, 0) is 0 Å². The summed E-state index contributed by atoms with van der Waals surface area (Å²) >= 11 is 0. The van der Waals surface area contributed by atoms with Gasteiger partial charge in [0.1, 0.15) is 0 Å². The van der Waals surface area contributed by atoms with E-state index in [1.165, 1.54) is 0 Å². The Labute approximate surface area is 62.4 Å². The van der Waals surface area contributed by atoms with Gasteiger partial charge in [0.15, 0.2) is 0 Å². The number of carbonyl (C=O) groups is 1. The van der Waals surface area contributed by atoms with Gasteiger partial charge in [-0.3, -0.25) is 0 Å². The summed E-state index contributed by atoms with van der Waals surface area (Å²) in [6.07, 6.45) is 0. The molecule has 0 aromatic rings. The van der Waals surface area contributed by atoms with Gasteiger partial charge in [0.2, 0.25) is 0 Å². The third kappa shape index (κ3) is 1.90. The molecule has 10 heavy (non-hydrogen) atoms. The lowest BCUT2D eigenvalue weighted by atomic mass is 10.3. The van der Waals surface area contributed by atoms with Crippen molar-refractivity contribution in [2.75, 3.05) is 13.6 Å². The fourth-order valence-electron chi connectivity index (χ4n) is 0.697. The third-order valence-electron chi connectivity index (χ3n) is 1.53. The lowest BCUT2D eigenvalue weighted by Crippen LogP contribution is -2.27. The van der Waals surface area contributed by atoms with Crippen molar-refractivity contribution in [1.29, 1.82) is 0 Å². The first-order chi connectivity index (χ1) is 4.72. The predicted octanol–water partition coefficient (Wildman–Crippen LogP) is 1.06. The number of urea groups is 1. The Balaban J connectivity index is 0.000000371. The number of hydrogen-bond donors (Lipinski definition) is 1.